The van der Waals surface area contributed by atoms with Crippen LogP contribution in [0.25, 0.3) is 0 Å². The smallest absolute Gasteiger partial charge is 0.393 e. The maximum Gasteiger partial charge on any atom is 0.393 e. The van der Waals surface area contributed by atoms with Gasteiger partial charge in [-0.3, -0.25) is 0 Å². The Kier molecular flexibility index (Phi) is 6.19. The molecule has 1 unspecified atom stereocenters. The van der Waals surface area contributed by atoms with Crippen molar-refractivity contribution >= 4 is 0 Å². The molecule has 1 aromatic heterocycles. The van der Waals surface area contributed by atoms with Crippen molar-refractivity contribution in [1.29, 1.82) is 0 Å². The second-order valence-electron chi connectivity index (χ2n) is 5.69. The number of nitrogens with one attached hydrogen (secondary N) is 1. The molecule has 1 aromatic rings. The molecule has 0 spiro atoms. The van der Waals surface area contributed by atoms with E-state index in [1.54, 1.807) is 6.26 Å². The van der Waals surface area contributed by atoms with E-state index in [1.807, 2.05) is 6.92 Å². The molecule has 1 atom stereocenters. The summed E-state index contributed by atoms with van der Waals surface area (Å²) in [5, 5.41) is 3.32. The third-order valence-corrected chi connectivity index (χ3v) is 2.49. The molecule has 0 aliphatic carbocycles. The van der Waals surface area contributed by atoms with E-state index in [9.17, 15) is 0 Å². The highest BCUT2D eigenvalue weighted by molar-refractivity contribution is 4.99. The highest BCUT2D eigenvalue weighted by atomic mass is 16.6. The van der Waals surface area contributed by atoms with Crippen LogP contribution in [0, 0.1) is 11.8 Å². The van der Waals surface area contributed by atoms with E-state index in [0.717, 1.165) is 25.2 Å². The fourth-order valence-corrected chi connectivity index (χ4v) is 1.80. The van der Waals surface area contributed by atoms with Gasteiger partial charge < -0.3 is 14.5 Å². The maximum atomic E-state index is 5.63. The first-order chi connectivity index (χ1) is 8.47. The lowest BCUT2D eigenvalue weighted by atomic mass is 10.1. The molecular formula is C14H26N2O2. The maximum absolute atomic E-state index is 5.63. The average molecular weight is 254 g/mol. The first-order valence-corrected chi connectivity index (χ1v) is 6.79. The standard InChI is InChI=1S/C14H26N2O2/c1-10(2)6-12(5)18-14-16-13(9-17-14)8-15-7-11(3)4/h9-12,15H,6-8H2,1-5H3. The van der Waals surface area contributed by atoms with Gasteiger partial charge in [-0.1, -0.05) is 27.7 Å². The van der Waals surface area contributed by atoms with Gasteiger partial charge in [0.2, 0.25) is 0 Å². The highest BCUT2D eigenvalue weighted by Gasteiger charge is 2.11. The molecule has 0 saturated heterocycles. The van der Waals surface area contributed by atoms with Crippen molar-refractivity contribution in [3.8, 4) is 6.08 Å². The summed E-state index contributed by atoms with van der Waals surface area (Å²) >= 11 is 0. The van der Waals surface area contributed by atoms with E-state index >= 15 is 0 Å². The van der Waals surface area contributed by atoms with E-state index in [-0.39, 0.29) is 6.10 Å². The molecule has 0 saturated carbocycles. The molecule has 4 heteroatoms. The SMILES string of the molecule is CC(C)CNCc1coc(OC(C)CC(C)C)n1. The van der Waals surface area contributed by atoms with Crippen LogP contribution in [0.2, 0.25) is 0 Å². The van der Waals surface area contributed by atoms with Crippen LogP contribution in [0.15, 0.2) is 10.7 Å². The van der Waals surface area contributed by atoms with Crippen LogP contribution in [0.5, 0.6) is 6.08 Å². The number of ether oxygens (including phenoxy) is 1. The molecule has 1 rings (SSSR count). The molecule has 1 heterocycles. The fraction of sp³-hybridized carbons (Fsp3) is 0.786. The number of rotatable bonds is 8. The molecular weight excluding hydrogens is 228 g/mol. The molecule has 0 fully saturated rings. The minimum Gasteiger partial charge on any atom is -0.447 e. The Labute approximate surface area is 110 Å². The van der Waals surface area contributed by atoms with Crippen LogP contribution in [0.3, 0.4) is 0 Å². The number of nitrogens with zero attached hydrogens (tertiary/aromatic N) is 1. The monoisotopic (exact) mass is 254 g/mol. The van der Waals surface area contributed by atoms with Crippen molar-refractivity contribution in [2.45, 2.75) is 53.7 Å². The first kappa shape index (κ1) is 15.0. The number of aromatic nitrogens is 1. The van der Waals surface area contributed by atoms with Gasteiger partial charge in [0.25, 0.3) is 0 Å². The topological polar surface area (TPSA) is 47.3 Å². The van der Waals surface area contributed by atoms with Gasteiger partial charge >= 0.3 is 6.08 Å². The molecule has 0 aliphatic rings. The van der Waals surface area contributed by atoms with Gasteiger partial charge in [0.05, 0.1) is 5.69 Å². The van der Waals surface area contributed by atoms with Gasteiger partial charge in [-0.15, -0.1) is 0 Å². The lowest BCUT2D eigenvalue weighted by molar-refractivity contribution is 0.142. The van der Waals surface area contributed by atoms with Gasteiger partial charge in [0.15, 0.2) is 0 Å². The molecule has 4 nitrogen and oxygen atoms in total. The molecule has 0 aliphatic heterocycles. The van der Waals surface area contributed by atoms with Crippen molar-refractivity contribution in [2.24, 2.45) is 11.8 Å². The van der Waals surface area contributed by atoms with Gasteiger partial charge in [0.1, 0.15) is 12.4 Å². The Hall–Kier alpha value is -1.03. The molecule has 0 bridgehead atoms. The van der Waals surface area contributed by atoms with E-state index in [4.69, 9.17) is 9.15 Å². The lowest BCUT2D eigenvalue weighted by Gasteiger charge is -2.13. The van der Waals surface area contributed by atoms with Crippen molar-refractivity contribution in [3.05, 3.63) is 12.0 Å². The second kappa shape index (κ2) is 7.41. The average Bonchev–Trinajstić information content (AvgIpc) is 2.63. The Morgan fingerprint density at radius 2 is 1.94 bits per heavy atom. The van der Waals surface area contributed by atoms with Crippen LogP contribution >= 0.6 is 0 Å². The van der Waals surface area contributed by atoms with Crippen LogP contribution in [-0.2, 0) is 6.54 Å². The Morgan fingerprint density at radius 1 is 1.22 bits per heavy atom. The van der Waals surface area contributed by atoms with Gasteiger partial charge in [-0.2, -0.15) is 4.98 Å². The van der Waals surface area contributed by atoms with Crippen LogP contribution in [-0.4, -0.2) is 17.6 Å². The predicted octanol–water partition coefficient (Wildman–Crippen LogP) is 3.23. The third kappa shape index (κ3) is 6.05. The van der Waals surface area contributed by atoms with Crippen molar-refractivity contribution in [1.82, 2.24) is 10.3 Å². The Balaban J connectivity index is 2.33. The third-order valence-electron chi connectivity index (χ3n) is 2.49. The zero-order valence-corrected chi connectivity index (χ0v) is 12.2. The first-order valence-electron chi connectivity index (χ1n) is 6.79. The second-order valence-corrected chi connectivity index (χ2v) is 5.69. The zero-order chi connectivity index (χ0) is 13.5. The van der Waals surface area contributed by atoms with Gasteiger partial charge in [0, 0.05) is 6.54 Å². The quantitative estimate of drug-likeness (QED) is 0.773. The fourth-order valence-electron chi connectivity index (χ4n) is 1.80. The number of hydrogen-bond donors (Lipinski definition) is 1. The summed E-state index contributed by atoms with van der Waals surface area (Å²) in [5.41, 5.74) is 0.891. The van der Waals surface area contributed by atoms with Gasteiger partial charge in [-0.25, -0.2) is 0 Å². The summed E-state index contributed by atoms with van der Waals surface area (Å²) in [6.45, 7) is 12.5. The van der Waals surface area contributed by atoms with E-state index in [1.165, 1.54) is 0 Å². The summed E-state index contributed by atoms with van der Waals surface area (Å²) in [6, 6.07) is 0. The molecule has 0 aromatic carbocycles. The molecule has 18 heavy (non-hydrogen) atoms. The van der Waals surface area contributed by atoms with Crippen LogP contribution in [0.1, 0.15) is 46.7 Å². The van der Waals surface area contributed by atoms with E-state index in [0.29, 0.717) is 17.9 Å². The minimum absolute atomic E-state index is 0.139. The summed E-state index contributed by atoms with van der Waals surface area (Å²) < 4.78 is 10.9. The minimum atomic E-state index is 0.139. The summed E-state index contributed by atoms with van der Waals surface area (Å²) in [7, 11) is 0. The predicted molar refractivity (Wildman–Crippen MR) is 72.6 cm³/mol. The lowest BCUT2D eigenvalue weighted by Crippen LogP contribution is -2.19. The Morgan fingerprint density at radius 3 is 2.56 bits per heavy atom. The summed E-state index contributed by atoms with van der Waals surface area (Å²) in [6.07, 6.45) is 3.18. The van der Waals surface area contributed by atoms with Crippen molar-refractivity contribution in [2.75, 3.05) is 6.54 Å². The summed E-state index contributed by atoms with van der Waals surface area (Å²) in [5.74, 6) is 1.25. The van der Waals surface area contributed by atoms with E-state index in [2.05, 4.69) is 38.0 Å². The Bertz CT molecular complexity index is 334. The number of oxazole rings is 1. The largest absolute Gasteiger partial charge is 0.447 e. The van der Waals surface area contributed by atoms with Crippen LogP contribution in [0.4, 0.5) is 0 Å². The molecule has 104 valence electrons. The van der Waals surface area contributed by atoms with Crippen LogP contribution < -0.4 is 10.1 Å². The highest BCUT2D eigenvalue weighted by Crippen LogP contribution is 2.15. The molecule has 1 N–H and O–H groups in total. The van der Waals surface area contributed by atoms with Crippen molar-refractivity contribution < 1.29 is 9.15 Å². The van der Waals surface area contributed by atoms with Crippen molar-refractivity contribution in [3.63, 3.8) is 0 Å². The normalized spacial score (nSPS) is 13.3. The summed E-state index contributed by atoms with van der Waals surface area (Å²) in [4.78, 5) is 4.30. The van der Waals surface area contributed by atoms with Gasteiger partial charge in [-0.05, 0) is 31.7 Å². The molecule has 0 radical (unpaired) electrons. The molecule has 0 amide bonds. The zero-order valence-electron chi connectivity index (χ0n) is 12.2. The number of hydrogen-bond acceptors (Lipinski definition) is 4. The van der Waals surface area contributed by atoms with E-state index < -0.39 is 0 Å².